The quantitative estimate of drug-likeness (QED) is 0.592. The van der Waals surface area contributed by atoms with E-state index in [4.69, 9.17) is 5.11 Å². The molecule has 6 nitrogen and oxygen atoms in total. The molecule has 1 heterocycles. The Morgan fingerprint density at radius 1 is 1.73 bits per heavy atom. The Morgan fingerprint density at radius 3 is 2.80 bits per heavy atom. The van der Waals surface area contributed by atoms with E-state index in [1.165, 1.54) is 6.20 Å². The molecule has 1 aromatic heterocycles. The fourth-order valence-corrected chi connectivity index (χ4v) is 1.65. The second-order valence-electron chi connectivity index (χ2n) is 4.21. The number of aromatic nitrogens is 2. The zero-order chi connectivity index (χ0) is 11.1. The Kier molecular flexibility index (Phi) is 2.22. The van der Waals surface area contributed by atoms with Crippen molar-refractivity contribution in [3.63, 3.8) is 0 Å². The van der Waals surface area contributed by atoms with E-state index in [-0.39, 0.29) is 17.7 Å². The monoisotopic (exact) mass is 211 g/mol. The van der Waals surface area contributed by atoms with Crippen LogP contribution in [0.5, 0.6) is 0 Å². The first kappa shape index (κ1) is 10.1. The maximum Gasteiger partial charge on any atom is 0.309 e. The summed E-state index contributed by atoms with van der Waals surface area (Å²) in [5, 5.41) is 23.8. The van der Waals surface area contributed by atoms with Crippen LogP contribution in [0.4, 0.5) is 5.69 Å². The molecule has 0 unspecified atom stereocenters. The summed E-state index contributed by atoms with van der Waals surface area (Å²) in [5.74, 6) is 0. The van der Waals surface area contributed by atoms with E-state index in [1.807, 2.05) is 0 Å². The van der Waals surface area contributed by atoms with Gasteiger partial charge < -0.3 is 5.11 Å². The number of hydrogen-bond donors (Lipinski definition) is 1. The lowest BCUT2D eigenvalue weighted by atomic mass is 10.1. The Balaban J connectivity index is 2.16. The Hall–Kier alpha value is -1.43. The van der Waals surface area contributed by atoms with E-state index < -0.39 is 4.92 Å². The first-order valence-corrected chi connectivity index (χ1v) is 4.86. The zero-order valence-corrected chi connectivity index (χ0v) is 8.51. The van der Waals surface area contributed by atoms with E-state index in [9.17, 15) is 10.1 Å². The van der Waals surface area contributed by atoms with Crippen LogP contribution in [0.1, 0.15) is 18.5 Å². The molecular weight excluding hydrogens is 198 g/mol. The molecule has 1 aliphatic rings. The lowest BCUT2D eigenvalue weighted by Crippen LogP contribution is -2.16. The molecule has 15 heavy (non-hydrogen) atoms. The minimum Gasteiger partial charge on any atom is -0.396 e. The van der Waals surface area contributed by atoms with Crippen molar-refractivity contribution in [3.8, 4) is 0 Å². The first-order valence-electron chi connectivity index (χ1n) is 4.86. The largest absolute Gasteiger partial charge is 0.396 e. The molecule has 0 bridgehead atoms. The van der Waals surface area contributed by atoms with Gasteiger partial charge in [-0.15, -0.1) is 0 Å². The van der Waals surface area contributed by atoms with Crippen LogP contribution in [0.25, 0.3) is 0 Å². The molecule has 1 aliphatic carbocycles. The maximum atomic E-state index is 10.6. The fourth-order valence-electron chi connectivity index (χ4n) is 1.65. The van der Waals surface area contributed by atoms with Crippen molar-refractivity contribution in [2.75, 3.05) is 6.61 Å². The number of aliphatic hydroxyl groups is 1. The van der Waals surface area contributed by atoms with E-state index in [0.717, 1.165) is 12.8 Å². The molecule has 0 spiro atoms. The number of aliphatic hydroxyl groups excluding tert-OH is 1. The molecule has 0 amide bonds. The molecule has 0 atom stereocenters. The van der Waals surface area contributed by atoms with Gasteiger partial charge >= 0.3 is 5.69 Å². The summed E-state index contributed by atoms with van der Waals surface area (Å²) in [6.07, 6.45) is 3.37. The van der Waals surface area contributed by atoms with Gasteiger partial charge in [-0.25, -0.2) is 0 Å². The summed E-state index contributed by atoms with van der Waals surface area (Å²) in [6.45, 7) is 2.31. The SMILES string of the molecule is Cc1nn(CC2(CO)CC2)cc1[N+](=O)[O-]. The number of hydrogen-bond acceptors (Lipinski definition) is 4. The van der Waals surface area contributed by atoms with Crippen LogP contribution in [-0.2, 0) is 6.54 Å². The summed E-state index contributed by atoms with van der Waals surface area (Å²) in [4.78, 5) is 10.2. The van der Waals surface area contributed by atoms with Crippen LogP contribution in [-0.4, -0.2) is 26.4 Å². The highest BCUT2D eigenvalue weighted by atomic mass is 16.6. The lowest BCUT2D eigenvalue weighted by molar-refractivity contribution is -0.385. The standard InChI is InChI=1S/C9H13N3O3/c1-7-8(12(14)15)4-11(10-7)5-9(6-13)2-3-9/h4,13H,2-3,5-6H2,1H3. The summed E-state index contributed by atoms with van der Waals surface area (Å²) in [7, 11) is 0. The van der Waals surface area contributed by atoms with E-state index in [2.05, 4.69) is 5.10 Å². The minimum atomic E-state index is -0.433. The molecule has 1 aromatic rings. The van der Waals surface area contributed by atoms with Gasteiger partial charge in [-0.2, -0.15) is 5.10 Å². The molecule has 0 aliphatic heterocycles. The van der Waals surface area contributed by atoms with Crippen LogP contribution in [0.2, 0.25) is 0 Å². The average molecular weight is 211 g/mol. The molecule has 0 saturated heterocycles. The third-order valence-corrected chi connectivity index (χ3v) is 2.91. The first-order chi connectivity index (χ1) is 7.06. The van der Waals surface area contributed by atoms with E-state index >= 15 is 0 Å². The highest BCUT2D eigenvalue weighted by Crippen LogP contribution is 2.46. The second kappa shape index (κ2) is 3.30. The second-order valence-corrected chi connectivity index (χ2v) is 4.21. The third kappa shape index (κ3) is 1.85. The number of aryl methyl sites for hydroxylation is 1. The van der Waals surface area contributed by atoms with Gasteiger partial charge in [-0.3, -0.25) is 14.8 Å². The van der Waals surface area contributed by atoms with Crippen molar-refractivity contribution in [3.05, 3.63) is 22.0 Å². The Bertz CT molecular complexity index is 395. The van der Waals surface area contributed by atoms with Crippen molar-refractivity contribution in [1.29, 1.82) is 0 Å². The molecule has 6 heteroatoms. The highest BCUT2D eigenvalue weighted by Gasteiger charge is 2.42. The molecule has 1 N–H and O–H groups in total. The van der Waals surface area contributed by atoms with Gasteiger partial charge in [-0.05, 0) is 19.8 Å². The highest BCUT2D eigenvalue weighted by molar-refractivity contribution is 5.31. The third-order valence-electron chi connectivity index (χ3n) is 2.91. The van der Waals surface area contributed by atoms with Gasteiger partial charge in [0.15, 0.2) is 0 Å². The lowest BCUT2D eigenvalue weighted by Gasteiger charge is -2.10. The maximum absolute atomic E-state index is 10.6. The van der Waals surface area contributed by atoms with Crippen LogP contribution >= 0.6 is 0 Å². The molecule has 1 fully saturated rings. The molecule has 2 rings (SSSR count). The average Bonchev–Trinajstić information content (AvgIpc) is 2.84. The predicted octanol–water partition coefficient (Wildman–Crippen LogP) is 0.872. The molecule has 1 saturated carbocycles. The Morgan fingerprint density at radius 2 is 2.40 bits per heavy atom. The van der Waals surface area contributed by atoms with E-state index in [1.54, 1.807) is 11.6 Å². The summed E-state index contributed by atoms with van der Waals surface area (Å²) in [6, 6.07) is 0. The summed E-state index contributed by atoms with van der Waals surface area (Å²) in [5.41, 5.74) is 0.393. The van der Waals surface area contributed by atoms with Crippen LogP contribution < -0.4 is 0 Å². The smallest absolute Gasteiger partial charge is 0.309 e. The van der Waals surface area contributed by atoms with Gasteiger partial charge in [0.2, 0.25) is 0 Å². The van der Waals surface area contributed by atoms with Crippen molar-refractivity contribution < 1.29 is 10.0 Å². The zero-order valence-electron chi connectivity index (χ0n) is 8.51. The Labute approximate surface area is 86.7 Å². The van der Waals surface area contributed by atoms with Gasteiger partial charge in [0, 0.05) is 12.0 Å². The van der Waals surface area contributed by atoms with Crippen molar-refractivity contribution in [2.45, 2.75) is 26.3 Å². The molecular formula is C9H13N3O3. The molecule has 0 aromatic carbocycles. The van der Waals surface area contributed by atoms with E-state index in [0.29, 0.717) is 12.2 Å². The van der Waals surface area contributed by atoms with Gasteiger partial charge in [-0.1, -0.05) is 0 Å². The van der Waals surface area contributed by atoms with Crippen LogP contribution in [0.3, 0.4) is 0 Å². The van der Waals surface area contributed by atoms with Crippen LogP contribution in [0.15, 0.2) is 6.20 Å². The number of nitrogens with zero attached hydrogens (tertiary/aromatic N) is 3. The normalized spacial score (nSPS) is 17.7. The topological polar surface area (TPSA) is 81.2 Å². The number of nitro groups is 1. The van der Waals surface area contributed by atoms with Gasteiger partial charge in [0.25, 0.3) is 0 Å². The van der Waals surface area contributed by atoms with Gasteiger partial charge in [0.05, 0.1) is 11.5 Å². The van der Waals surface area contributed by atoms with Crippen molar-refractivity contribution in [1.82, 2.24) is 9.78 Å². The van der Waals surface area contributed by atoms with Crippen molar-refractivity contribution >= 4 is 5.69 Å². The molecule has 82 valence electrons. The number of rotatable bonds is 4. The minimum absolute atomic E-state index is 0.0451. The summed E-state index contributed by atoms with van der Waals surface area (Å²) < 4.78 is 1.57. The van der Waals surface area contributed by atoms with Gasteiger partial charge in [0.1, 0.15) is 11.9 Å². The predicted molar refractivity (Wildman–Crippen MR) is 52.4 cm³/mol. The van der Waals surface area contributed by atoms with Crippen LogP contribution in [0, 0.1) is 22.5 Å². The van der Waals surface area contributed by atoms with Crippen molar-refractivity contribution in [2.24, 2.45) is 5.41 Å². The molecule has 0 radical (unpaired) electrons. The summed E-state index contributed by atoms with van der Waals surface area (Å²) >= 11 is 0. The fraction of sp³-hybridized carbons (Fsp3) is 0.667.